The van der Waals surface area contributed by atoms with Crippen LogP contribution in [0, 0.1) is 6.92 Å². The van der Waals surface area contributed by atoms with Crippen molar-refractivity contribution < 1.29 is 9.90 Å². The molecule has 1 rings (SSSR count). The molecule has 0 aliphatic heterocycles. The maximum absolute atomic E-state index is 12.2. The van der Waals surface area contributed by atoms with Crippen molar-refractivity contribution >= 4 is 11.6 Å². The molecule has 94 valence electrons. The number of hydrogen-bond acceptors (Lipinski definition) is 3. The number of rotatable bonds is 4. The maximum Gasteiger partial charge on any atom is 0.254 e. The van der Waals surface area contributed by atoms with Gasteiger partial charge in [0, 0.05) is 25.3 Å². The van der Waals surface area contributed by atoms with Crippen LogP contribution in [0.1, 0.15) is 22.8 Å². The van der Waals surface area contributed by atoms with E-state index in [-0.39, 0.29) is 18.6 Å². The number of benzene rings is 1. The van der Waals surface area contributed by atoms with Gasteiger partial charge >= 0.3 is 0 Å². The highest BCUT2D eigenvalue weighted by Gasteiger charge is 2.18. The van der Waals surface area contributed by atoms with Crippen molar-refractivity contribution in [3.8, 4) is 0 Å². The summed E-state index contributed by atoms with van der Waals surface area (Å²) < 4.78 is 0. The lowest BCUT2D eigenvalue weighted by Crippen LogP contribution is -2.37. The van der Waals surface area contributed by atoms with Gasteiger partial charge in [0.25, 0.3) is 5.91 Å². The van der Waals surface area contributed by atoms with Gasteiger partial charge in [-0.1, -0.05) is 0 Å². The molecule has 0 saturated heterocycles. The van der Waals surface area contributed by atoms with Gasteiger partial charge in [-0.2, -0.15) is 0 Å². The van der Waals surface area contributed by atoms with Gasteiger partial charge in [0.1, 0.15) is 0 Å². The SMILES string of the molecule is CNc1ccc(C(=O)N(C)C(C)CO)c(C)c1. The van der Waals surface area contributed by atoms with Gasteiger partial charge in [-0.3, -0.25) is 4.79 Å². The topological polar surface area (TPSA) is 52.6 Å². The zero-order valence-corrected chi connectivity index (χ0v) is 10.8. The van der Waals surface area contributed by atoms with E-state index < -0.39 is 0 Å². The van der Waals surface area contributed by atoms with Gasteiger partial charge in [-0.05, 0) is 37.6 Å². The molecule has 17 heavy (non-hydrogen) atoms. The number of hydrogen-bond donors (Lipinski definition) is 2. The highest BCUT2D eigenvalue weighted by Crippen LogP contribution is 2.16. The quantitative estimate of drug-likeness (QED) is 0.832. The molecular weight excluding hydrogens is 216 g/mol. The summed E-state index contributed by atoms with van der Waals surface area (Å²) in [5.41, 5.74) is 2.59. The second kappa shape index (κ2) is 5.68. The fourth-order valence-electron chi connectivity index (χ4n) is 1.57. The van der Waals surface area contributed by atoms with Crippen LogP contribution in [0.4, 0.5) is 5.69 Å². The lowest BCUT2D eigenvalue weighted by molar-refractivity contribution is 0.0681. The van der Waals surface area contributed by atoms with E-state index in [2.05, 4.69) is 5.32 Å². The molecule has 1 atom stereocenters. The molecule has 0 fully saturated rings. The minimum Gasteiger partial charge on any atom is -0.394 e. The average Bonchev–Trinajstić information content (AvgIpc) is 2.35. The van der Waals surface area contributed by atoms with Gasteiger partial charge < -0.3 is 15.3 Å². The van der Waals surface area contributed by atoms with Gasteiger partial charge in [-0.15, -0.1) is 0 Å². The molecule has 0 aliphatic rings. The van der Waals surface area contributed by atoms with Crippen molar-refractivity contribution in [3.63, 3.8) is 0 Å². The Bertz CT molecular complexity index is 404. The Balaban J connectivity index is 2.96. The number of amides is 1. The molecular formula is C13H20N2O2. The zero-order valence-electron chi connectivity index (χ0n) is 10.8. The highest BCUT2D eigenvalue weighted by atomic mass is 16.3. The Hall–Kier alpha value is -1.55. The predicted octanol–water partition coefficient (Wildman–Crippen LogP) is 1.49. The number of aryl methyl sites for hydroxylation is 1. The van der Waals surface area contributed by atoms with Crippen LogP contribution >= 0.6 is 0 Å². The summed E-state index contributed by atoms with van der Waals surface area (Å²) in [6, 6.07) is 5.44. The minimum absolute atomic E-state index is 0.0319. The molecule has 4 nitrogen and oxygen atoms in total. The van der Waals surface area contributed by atoms with Crippen molar-refractivity contribution in [2.75, 3.05) is 26.0 Å². The molecule has 1 unspecified atom stereocenters. The molecule has 2 N–H and O–H groups in total. The first-order chi connectivity index (χ1) is 8.01. The van der Waals surface area contributed by atoms with E-state index in [1.807, 2.05) is 39.1 Å². The van der Waals surface area contributed by atoms with Crippen molar-refractivity contribution in [1.29, 1.82) is 0 Å². The first-order valence-electron chi connectivity index (χ1n) is 5.67. The van der Waals surface area contributed by atoms with Crippen LogP contribution in [0.5, 0.6) is 0 Å². The number of aliphatic hydroxyl groups is 1. The van der Waals surface area contributed by atoms with Crippen LogP contribution in [0.2, 0.25) is 0 Å². The number of likely N-dealkylation sites (N-methyl/N-ethyl adjacent to an activating group) is 1. The van der Waals surface area contributed by atoms with E-state index in [1.54, 1.807) is 11.9 Å². The largest absolute Gasteiger partial charge is 0.394 e. The van der Waals surface area contributed by atoms with Gasteiger partial charge in [0.05, 0.1) is 12.6 Å². The third-order valence-corrected chi connectivity index (χ3v) is 2.99. The summed E-state index contributed by atoms with van der Waals surface area (Å²) in [4.78, 5) is 13.7. The van der Waals surface area contributed by atoms with Gasteiger partial charge in [0.15, 0.2) is 0 Å². The van der Waals surface area contributed by atoms with Crippen LogP contribution in [0.15, 0.2) is 18.2 Å². The zero-order chi connectivity index (χ0) is 13.0. The third-order valence-electron chi connectivity index (χ3n) is 2.99. The van der Waals surface area contributed by atoms with Gasteiger partial charge in [0.2, 0.25) is 0 Å². The van der Waals surface area contributed by atoms with E-state index in [0.717, 1.165) is 11.3 Å². The van der Waals surface area contributed by atoms with Crippen molar-refractivity contribution in [2.45, 2.75) is 19.9 Å². The second-order valence-corrected chi connectivity index (χ2v) is 4.23. The Labute approximate surface area is 102 Å². The Kier molecular flexibility index (Phi) is 4.52. The lowest BCUT2D eigenvalue weighted by Gasteiger charge is -2.24. The first kappa shape index (κ1) is 13.5. The molecule has 0 aromatic heterocycles. The van der Waals surface area contributed by atoms with E-state index in [4.69, 9.17) is 5.11 Å². The van der Waals surface area contributed by atoms with Crippen LogP contribution in [0.25, 0.3) is 0 Å². The molecule has 0 radical (unpaired) electrons. The number of carbonyl (C=O) groups excluding carboxylic acids is 1. The fraction of sp³-hybridized carbons (Fsp3) is 0.462. The molecule has 4 heteroatoms. The molecule has 1 aromatic carbocycles. The monoisotopic (exact) mass is 236 g/mol. The molecule has 0 saturated carbocycles. The Morgan fingerprint density at radius 1 is 1.53 bits per heavy atom. The van der Waals surface area contributed by atoms with Crippen LogP contribution in [-0.4, -0.2) is 42.7 Å². The smallest absolute Gasteiger partial charge is 0.254 e. The van der Waals surface area contributed by atoms with Gasteiger partial charge in [-0.25, -0.2) is 0 Å². The van der Waals surface area contributed by atoms with E-state index in [9.17, 15) is 4.79 Å². The van der Waals surface area contributed by atoms with Crippen molar-refractivity contribution in [2.24, 2.45) is 0 Å². The molecule has 0 heterocycles. The third kappa shape index (κ3) is 2.97. The average molecular weight is 236 g/mol. The van der Waals surface area contributed by atoms with Crippen LogP contribution in [-0.2, 0) is 0 Å². The number of nitrogens with one attached hydrogen (secondary N) is 1. The summed E-state index contributed by atoms with van der Waals surface area (Å²) in [6.45, 7) is 3.69. The summed E-state index contributed by atoms with van der Waals surface area (Å²) >= 11 is 0. The maximum atomic E-state index is 12.2. The van der Waals surface area contributed by atoms with E-state index in [0.29, 0.717) is 5.56 Å². The fourth-order valence-corrected chi connectivity index (χ4v) is 1.57. The van der Waals surface area contributed by atoms with Crippen LogP contribution < -0.4 is 5.32 Å². The molecule has 0 bridgehead atoms. The Morgan fingerprint density at radius 3 is 2.65 bits per heavy atom. The molecule has 1 amide bonds. The minimum atomic E-state index is -0.175. The van der Waals surface area contributed by atoms with Crippen LogP contribution in [0.3, 0.4) is 0 Å². The number of anilines is 1. The Morgan fingerprint density at radius 2 is 2.18 bits per heavy atom. The molecule has 1 aromatic rings. The number of aliphatic hydroxyl groups excluding tert-OH is 1. The predicted molar refractivity (Wildman–Crippen MR) is 69.4 cm³/mol. The second-order valence-electron chi connectivity index (χ2n) is 4.23. The first-order valence-corrected chi connectivity index (χ1v) is 5.67. The number of carbonyl (C=O) groups is 1. The summed E-state index contributed by atoms with van der Waals surface area (Å²) in [5, 5.41) is 12.1. The normalized spacial score (nSPS) is 12.1. The summed E-state index contributed by atoms with van der Waals surface area (Å²) in [6.07, 6.45) is 0. The summed E-state index contributed by atoms with van der Waals surface area (Å²) in [5.74, 6) is -0.0632. The molecule has 0 spiro atoms. The number of nitrogens with zero attached hydrogens (tertiary/aromatic N) is 1. The van der Waals surface area contributed by atoms with E-state index >= 15 is 0 Å². The summed E-state index contributed by atoms with van der Waals surface area (Å²) in [7, 11) is 3.55. The van der Waals surface area contributed by atoms with Crippen molar-refractivity contribution in [1.82, 2.24) is 4.90 Å². The lowest BCUT2D eigenvalue weighted by atomic mass is 10.1. The van der Waals surface area contributed by atoms with E-state index in [1.165, 1.54) is 0 Å². The highest BCUT2D eigenvalue weighted by molar-refractivity contribution is 5.96. The standard InChI is InChI=1S/C13H20N2O2/c1-9-7-11(14-3)5-6-12(9)13(17)15(4)10(2)8-16/h5-7,10,14,16H,8H2,1-4H3. The molecule has 0 aliphatic carbocycles. The van der Waals surface area contributed by atoms with Crippen molar-refractivity contribution in [3.05, 3.63) is 29.3 Å².